The lowest BCUT2D eigenvalue weighted by Gasteiger charge is -2.31. The number of nitrogens with zero attached hydrogens (tertiary/aromatic N) is 3. The van der Waals surface area contributed by atoms with Crippen molar-refractivity contribution >= 4 is 43.8 Å². The number of aryl methyl sites for hydroxylation is 1. The molecule has 6 heterocycles. The van der Waals surface area contributed by atoms with Gasteiger partial charge in [-0.3, -0.25) is 0 Å². The molecule has 0 N–H and O–H groups in total. The van der Waals surface area contributed by atoms with Crippen molar-refractivity contribution < 1.29 is 9.13 Å². The molecule has 0 saturated heterocycles. The summed E-state index contributed by atoms with van der Waals surface area (Å²) in [5.74, 6) is 1.18. The van der Waals surface area contributed by atoms with Crippen LogP contribution in [-0.4, -0.2) is 4.40 Å². The highest BCUT2D eigenvalue weighted by Crippen LogP contribution is 2.46. The fraction of sp³-hybridized carbons (Fsp3) is 0.234. The van der Waals surface area contributed by atoms with Crippen LogP contribution in [0.3, 0.4) is 0 Å². The topological polar surface area (TPSA) is 12.2 Å². The van der Waals surface area contributed by atoms with Crippen molar-refractivity contribution in [1.29, 1.82) is 0 Å². The second kappa shape index (κ2) is 10.9. The summed E-state index contributed by atoms with van der Waals surface area (Å²) in [6, 6.07) is 41.9. The Kier molecular flexibility index (Phi) is 6.20. The van der Waals surface area contributed by atoms with Crippen molar-refractivity contribution in [3.8, 4) is 22.5 Å². The summed E-state index contributed by atoms with van der Waals surface area (Å²) in [4.78, 5) is 0. The maximum absolute atomic E-state index is 4.86. The summed E-state index contributed by atoms with van der Waals surface area (Å²) in [7, 11) is 0. The van der Waals surface area contributed by atoms with Gasteiger partial charge in [0.05, 0.1) is 28.5 Å². The van der Waals surface area contributed by atoms with Gasteiger partial charge >= 0.3 is 0 Å². The third-order valence-electron chi connectivity index (χ3n) is 12.6. The molecule has 8 aromatic rings. The molecule has 2 unspecified atom stereocenters. The van der Waals surface area contributed by atoms with Gasteiger partial charge in [-0.2, -0.15) is 9.13 Å². The van der Waals surface area contributed by atoms with Crippen LogP contribution >= 0.6 is 0 Å². The minimum absolute atomic E-state index is 0.292. The molecule has 0 spiro atoms. The molecule has 2 aliphatic heterocycles. The Bertz CT molecular complexity index is 2650. The molecule has 1 fully saturated rings. The minimum Gasteiger partial charge on any atom is -0.308 e. The van der Waals surface area contributed by atoms with E-state index in [9.17, 15) is 0 Å². The van der Waals surface area contributed by atoms with E-state index in [0.29, 0.717) is 12.0 Å². The first-order valence-electron chi connectivity index (χ1n) is 18.7. The Labute approximate surface area is 293 Å². The van der Waals surface area contributed by atoms with E-state index < -0.39 is 0 Å². The van der Waals surface area contributed by atoms with Gasteiger partial charge in [0.2, 0.25) is 11.4 Å². The number of rotatable bonds is 2. The van der Waals surface area contributed by atoms with Crippen molar-refractivity contribution in [1.82, 2.24) is 4.40 Å². The van der Waals surface area contributed by atoms with Crippen LogP contribution in [0.5, 0.6) is 0 Å². The number of pyridine rings is 2. The van der Waals surface area contributed by atoms with E-state index in [2.05, 4.69) is 135 Å². The smallest absolute Gasteiger partial charge is 0.218 e. The van der Waals surface area contributed by atoms with E-state index in [-0.39, 0.29) is 0 Å². The number of fused-ring (bicyclic) bond motifs is 15. The van der Waals surface area contributed by atoms with Gasteiger partial charge in [-0.05, 0) is 78.8 Å². The lowest BCUT2D eigenvalue weighted by Crippen LogP contribution is -2.49. The van der Waals surface area contributed by atoms with Crippen molar-refractivity contribution in [2.45, 2.75) is 63.3 Å². The zero-order valence-electron chi connectivity index (χ0n) is 28.5. The zero-order chi connectivity index (χ0) is 32.9. The minimum atomic E-state index is 0.292. The molecule has 2 atom stereocenters. The van der Waals surface area contributed by atoms with E-state index in [1.807, 2.05) is 0 Å². The highest BCUT2D eigenvalue weighted by molar-refractivity contribution is 6.23. The lowest BCUT2D eigenvalue weighted by molar-refractivity contribution is -0.720. The normalized spacial score (nSPS) is 19.1. The summed E-state index contributed by atoms with van der Waals surface area (Å²) in [6.07, 6.45) is 14.3. The number of benzene rings is 4. The summed E-state index contributed by atoms with van der Waals surface area (Å²) in [5.41, 5.74) is 14.8. The van der Waals surface area contributed by atoms with Crippen LogP contribution in [0.1, 0.15) is 67.2 Å². The highest BCUT2D eigenvalue weighted by Gasteiger charge is 2.42. The number of para-hydroxylation sites is 2. The summed E-state index contributed by atoms with van der Waals surface area (Å²) >= 11 is 0. The molecule has 11 rings (SSSR count). The molecule has 4 aromatic carbocycles. The van der Waals surface area contributed by atoms with Crippen LogP contribution in [-0.2, 0) is 12.8 Å². The molecular formula is C47H41N3+2. The molecule has 3 heteroatoms. The molecule has 3 aliphatic rings. The first kappa shape index (κ1) is 28.5. The van der Waals surface area contributed by atoms with Crippen molar-refractivity contribution in [3.05, 3.63) is 145 Å². The monoisotopic (exact) mass is 647 g/mol. The third kappa shape index (κ3) is 4.10. The Morgan fingerprint density at radius 2 is 1.46 bits per heavy atom. The molecule has 50 heavy (non-hydrogen) atoms. The Morgan fingerprint density at radius 1 is 0.660 bits per heavy atom. The van der Waals surface area contributed by atoms with Crippen molar-refractivity contribution in [2.24, 2.45) is 5.92 Å². The fourth-order valence-corrected chi connectivity index (χ4v) is 10.3. The standard InChI is InChI=1S/C47H41N3/c1-30-25-44-37(34-13-4-5-14-35(34)42-18-8-9-23-49(42)44)21-20-33-28-46-41(39-17-10-16-38-36-15-6-7-19-43(36)50(46)47(38)39)29-40(33)45-27-32(22-24-48(30)45)26-31-11-2-3-12-31/h4-10,13-19,22-24,27-29,31,37,44H,1-3,11-12,20-21,25-26H2/q+2. The van der Waals surface area contributed by atoms with E-state index in [1.165, 1.54) is 109 Å². The third-order valence-corrected chi connectivity index (χ3v) is 12.6. The predicted molar refractivity (Wildman–Crippen MR) is 205 cm³/mol. The molecular weight excluding hydrogens is 607 g/mol. The van der Waals surface area contributed by atoms with Gasteiger partial charge in [0.1, 0.15) is 0 Å². The van der Waals surface area contributed by atoms with Crippen molar-refractivity contribution in [2.75, 3.05) is 0 Å². The summed E-state index contributed by atoms with van der Waals surface area (Å²) < 4.78 is 7.54. The van der Waals surface area contributed by atoms with E-state index in [0.717, 1.165) is 30.9 Å². The molecule has 0 bridgehead atoms. The molecule has 242 valence electrons. The van der Waals surface area contributed by atoms with Crippen LogP contribution in [0.25, 0.3) is 66.3 Å². The number of hydrogen-bond donors (Lipinski definition) is 0. The van der Waals surface area contributed by atoms with E-state index in [1.54, 1.807) is 0 Å². The van der Waals surface area contributed by atoms with Crippen LogP contribution in [0.4, 0.5) is 0 Å². The largest absolute Gasteiger partial charge is 0.308 e. The highest BCUT2D eigenvalue weighted by atomic mass is 15.0. The average Bonchev–Trinajstić information content (AvgIpc) is 3.88. The van der Waals surface area contributed by atoms with Crippen molar-refractivity contribution in [3.63, 3.8) is 0 Å². The molecule has 0 radical (unpaired) electrons. The molecule has 0 amide bonds. The maximum atomic E-state index is 4.86. The van der Waals surface area contributed by atoms with Gasteiger partial charge in [-0.15, -0.1) is 0 Å². The first-order chi connectivity index (χ1) is 24.7. The average molecular weight is 648 g/mol. The molecule has 1 aliphatic carbocycles. The second-order valence-corrected chi connectivity index (χ2v) is 15.3. The van der Waals surface area contributed by atoms with Gasteiger partial charge in [0, 0.05) is 57.3 Å². The summed E-state index contributed by atoms with van der Waals surface area (Å²) in [6.45, 7) is 4.86. The Hall–Kier alpha value is -5.28. The Balaban J connectivity index is 1.17. The zero-order valence-corrected chi connectivity index (χ0v) is 28.5. The SMILES string of the molecule is C=C1CC2C(CCc3cc4c(cc3-c3cc(CC5CCCC5)cc[n+]31)c1cccc3c5ccccc5n4c31)c1ccccc1-c1cccc[n+]12. The Morgan fingerprint density at radius 3 is 2.38 bits per heavy atom. The predicted octanol–water partition coefficient (Wildman–Crippen LogP) is 10.6. The second-order valence-electron chi connectivity index (χ2n) is 15.3. The van der Waals surface area contributed by atoms with Gasteiger partial charge in [0.25, 0.3) is 0 Å². The van der Waals surface area contributed by atoms with Gasteiger partial charge in [-0.25, -0.2) is 0 Å². The van der Waals surface area contributed by atoms with Gasteiger partial charge in [-0.1, -0.05) is 80.3 Å². The summed E-state index contributed by atoms with van der Waals surface area (Å²) in [5, 5.41) is 5.36. The van der Waals surface area contributed by atoms with Gasteiger partial charge < -0.3 is 4.40 Å². The number of allylic oxidation sites excluding steroid dienone is 1. The fourth-order valence-electron chi connectivity index (χ4n) is 10.3. The van der Waals surface area contributed by atoms with Crippen LogP contribution in [0, 0.1) is 5.92 Å². The van der Waals surface area contributed by atoms with Crippen LogP contribution in [0.2, 0.25) is 0 Å². The first-order valence-corrected chi connectivity index (χ1v) is 18.7. The maximum Gasteiger partial charge on any atom is 0.218 e. The molecule has 1 saturated carbocycles. The van der Waals surface area contributed by atoms with Gasteiger partial charge in [0.15, 0.2) is 24.1 Å². The van der Waals surface area contributed by atoms with E-state index >= 15 is 0 Å². The molecule has 4 aromatic heterocycles. The molecule has 3 nitrogen and oxygen atoms in total. The van der Waals surface area contributed by atoms with E-state index in [4.69, 9.17) is 6.58 Å². The van der Waals surface area contributed by atoms with Crippen LogP contribution in [0.15, 0.2) is 128 Å². The lowest BCUT2D eigenvalue weighted by atomic mass is 9.77. The quantitative estimate of drug-likeness (QED) is 0.166. The van der Waals surface area contributed by atoms with Crippen LogP contribution < -0.4 is 9.13 Å². The number of hydrogen-bond acceptors (Lipinski definition) is 0. The number of aromatic nitrogens is 3.